The summed E-state index contributed by atoms with van der Waals surface area (Å²) in [6, 6.07) is 0. The minimum Gasteiger partial charge on any atom is -0.303 e. The Kier molecular flexibility index (Phi) is 2.04. The molecule has 1 unspecified atom stereocenters. The molecule has 0 aromatic heterocycles. The van der Waals surface area contributed by atoms with E-state index in [9.17, 15) is 4.79 Å². The van der Waals surface area contributed by atoms with Crippen LogP contribution in [0.4, 0.5) is 0 Å². The van der Waals surface area contributed by atoms with E-state index in [0.29, 0.717) is 12.3 Å². The summed E-state index contributed by atoms with van der Waals surface area (Å²) >= 11 is 0. The molecular formula is C8H12O. The Morgan fingerprint density at radius 3 is 3.00 bits per heavy atom. The van der Waals surface area contributed by atoms with Gasteiger partial charge < -0.3 is 4.79 Å². The molecule has 0 heterocycles. The van der Waals surface area contributed by atoms with E-state index in [2.05, 4.69) is 6.58 Å². The van der Waals surface area contributed by atoms with Crippen molar-refractivity contribution >= 4 is 6.29 Å². The van der Waals surface area contributed by atoms with Crippen LogP contribution >= 0.6 is 0 Å². The topological polar surface area (TPSA) is 17.1 Å². The second kappa shape index (κ2) is 2.81. The van der Waals surface area contributed by atoms with Gasteiger partial charge in [0.05, 0.1) is 0 Å². The lowest BCUT2D eigenvalue weighted by Crippen LogP contribution is -1.95. The van der Waals surface area contributed by atoms with Gasteiger partial charge in [0.1, 0.15) is 6.29 Å². The maximum atomic E-state index is 10.1. The van der Waals surface area contributed by atoms with Gasteiger partial charge in [-0.1, -0.05) is 12.2 Å². The first-order valence-electron chi connectivity index (χ1n) is 3.46. The fourth-order valence-electron chi connectivity index (χ4n) is 1.38. The number of carbonyl (C=O) groups excluding carboxylic acids is 1. The Morgan fingerprint density at radius 1 is 1.78 bits per heavy atom. The predicted molar refractivity (Wildman–Crippen MR) is 37.2 cm³/mol. The highest BCUT2D eigenvalue weighted by Crippen LogP contribution is 2.30. The van der Waals surface area contributed by atoms with Gasteiger partial charge in [0.2, 0.25) is 0 Å². The van der Waals surface area contributed by atoms with E-state index >= 15 is 0 Å². The van der Waals surface area contributed by atoms with Crippen LogP contribution in [-0.2, 0) is 4.79 Å². The van der Waals surface area contributed by atoms with Crippen LogP contribution in [0.3, 0.4) is 0 Å². The smallest absolute Gasteiger partial charge is 0.120 e. The van der Waals surface area contributed by atoms with E-state index in [-0.39, 0.29) is 0 Å². The highest BCUT2D eigenvalue weighted by atomic mass is 16.1. The first-order chi connectivity index (χ1) is 4.34. The molecule has 0 spiro atoms. The van der Waals surface area contributed by atoms with Crippen molar-refractivity contribution in [2.75, 3.05) is 0 Å². The van der Waals surface area contributed by atoms with Crippen LogP contribution in [-0.4, -0.2) is 6.29 Å². The third kappa shape index (κ3) is 1.41. The highest BCUT2D eigenvalue weighted by Gasteiger charge is 2.17. The maximum Gasteiger partial charge on any atom is 0.120 e. The van der Waals surface area contributed by atoms with Crippen molar-refractivity contribution in [1.29, 1.82) is 0 Å². The monoisotopic (exact) mass is 124 g/mol. The quantitative estimate of drug-likeness (QED) is 0.406. The Morgan fingerprint density at radius 2 is 2.56 bits per heavy atom. The van der Waals surface area contributed by atoms with Crippen LogP contribution in [0.2, 0.25) is 0 Å². The lowest BCUT2D eigenvalue weighted by Gasteiger charge is -2.03. The Labute approximate surface area is 55.8 Å². The zero-order valence-corrected chi connectivity index (χ0v) is 5.60. The highest BCUT2D eigenvalue weighted by molar-refractivity contribution is 5.50. The third-order valence-corrected chi connectivity index (χ3v) is 2.01. The van der Waals surface area contributed by atoms with Crippen LogP contribution in [0.5, 0.6) is 0 Å². The molecule has 0 saturated heterocycles. The standard InChI is InChI=1S/C8H12O/c1-7-3-2-4-8(7)5-6-9/h6,8H,1-5H2. The van der Waals surface area contributed by atoms with Crippen molar-refractivity contribution in [3.8, 4) is 0 Å². The van der Waals surface area contributed by atoms with Crippen molar-refractivity contribution in [2.45, 2.75) is 25.7 Å². The average molecular weight is 124 g/mol. The van der Waals surface area contributed by atoms with E-state index in [4.69, 9.17) is 0 Å². The van der Waals surface area contributed by atoms with E-state index in [0.717, 1.165) is 12.7 Å². The Hall–Kier alpha value is -0.590. The summed E-state index contributed by atoms with van der Waals surface area (Å²) < 4.78 is 0. The molecule has 0 bridgehead atoms. The summed E-state index contributed by atoms with van der Waals surface area (Å²) in [7, 11) is 0. The molecule has 0 aromatic rings. The molecule has 0 N–H and O–H groups in total. The van der Waals surface area contributed by atoms with Crippen LogP contribution < -0.4 is 0 Å². The second-order valence-electron chi connectivity index (χ2n) is 2.65. The summed E-state index contributed by atoms with van der Waals surface area (Å²) in [6.45, 7) is 3.90. The van der Waals surface area contributed by atoms with E-state index < -0.39 is 0 Å². The van der Waals surface area contributed by atoms with Gasteiger partial charge in [-0.2, -0.15) is 0 Å². The Balaban J connectivity index is 2.39. The first-order valence-corrected chi connectivity index (χ1v) is 3.46. The van der Waals surface area contributed by atoms with Crippen molar-refractivity contribution in [3.05, 3.63) is 12.2 Å². The number of rotatable bonds is 2. The molecule has 0 amide bonds. The van der Waals surface area contributed by atoms with Gasteiger partial charge >= 0.3 is 0 Å². The molecule has 50 valence electrons. The number of aldehydes is 1. The molecule has 1 fully saturated rings. The summed E-state index contributed by atoms with van der Waals surface area (Å²) in [6.07, 6.45) is 5.24. The van der Waals surface area contributed by atoms with Gasteiger partial charge in [-0.25, -0.2) is 0 Å². The van der Waals surface area contributed by atoms with Gasteiger partial charge in [-0.3, -0.25) is 0 Å². The first kappa shape index (κ1) is 6.53. The molecule has 0 aliphatic heterocycles. The molecular weight excluding hydrogens is 112 g/mol. The largest absolute Gasteiger partial charge is 0.303 e. The lowest BCUT2D eigenvalue weighted by atomic mass is 10.0. The van der Waals surface area contributed by atoms with Gasteiger partial charge in [0.25, 0.3) is 0 Å². The average Bonchev–Trinajstić information content (AvgIpc) is 2.18. The molecule has 0 radical (unpaired) electrons. The van der Waals surface area contributed by atoms with Gasteiger partial charge in [-0.15, -0.1) is 0 Å². The summed E-state index contributed by atoms with van der Waals surface area (Å²) in [4.78, 5) is 10.1. The predicted octanol–water partition coefficient (Wildman–Crippen LogP) is 1.93. The summed E-state index contributed by atoms with van der Waals surface area (Å²) in [5.74, 6) is 0.516. The van der Waals surface area contributed by atoms with E-state index in [1.54, 1.807) is 0 Å². The number of carbonyl (C=O) groups is 1. The zero-order chi connectivity index (χ0) is 6.69. The zero-order valence-electron chi connectivity index (χ0n) is 5.60. The molecule has 1 atom stereocenters. The molecule has 9 heavy (non-hydrogen) atoms. The van der Waals surface area contributed by atoms with Crippen molar-refractivity contribution < 1.29 is 4.79 Å². The number of allylic oxidation sites excluding steroid dienone is 1. The fourth-order valence-corrected chi connectivity index (χ4v) is 1.38. The third-order valence-electron chi connectivity index (χ3n) is 2.01. The summed E-state index contributed by atoms with van der Waals surface area (Å²) in [5, 5.41) is 0. The van der Waals surface area contributed by atoms with Crippen LogP contribution in [0, 0.1) is 5.92 Å². The SMILES string of the molecule is C=C1CCCC1CC=O. The van der Waals surface area contributed by atoms with Gasteiger partial charge in [0.15, 0.2) is 0 Å². The molecule has 1 nitrogen and oxygen atoms in total. The Bertz CT molecular complexity index is 127. The van der Waals surface area contributed by atoms with Crippen LogP contribution in [0.1, 0.15) is 25.7 Å². The molecule has 1 rings (SSSR count). The number of hydrogen-bond donors (Lipinski definition) is 0. The fraction of sp³-hybridized carbons (Fsp3) is 0.625. The van der Waals surface area contributed by atoms with Crippen LogP contribution in [0.15, 0.2) is 12.2 Å². The van der Waals surface area contributed by atoms with Gasteiger partial charge in [0, 0.05) is 6.42 Å². The molecule has 0 aromatic carbocycles. The maximum absolute atomic E-state index is 10.1. The second-order valence-corrected chi connectivity index (χ2v) is 2.65. The van der Waals surface area contributed by atoms with Crippen molar-refractivity contribution in [2.24, 2.45) is 5.92 Å². The summed E-state index contributed by atoms with van der Waals surface area (Å²) in [5.41, 5.74) is 1.28. The molecule has 1 aliphatic rings. The minimum atomic E-state index is 0.516. The van der Waals surface area contributed by atoms with Crippen molar-refractivity contribution in [3.63, 3.8) is 0 Å². The molecule has 1 heteroatoms. The lowest BCUT2D eigenvalue weighted by molar-refractivity contribution is -0.108. The van der Waals surface area contributed by atoms with Crippen molar-refractivity contribution in [1.82, 2.24) is 0 Å². The normalized spacial score (nSPS) is 26.7. The van der Waals surface area contributed by atoms with E-state index in [1.165, 1.54) is 18.4 Å². The van der Waals surface area contributed by atoms with E-state index in [1.807, 2.05) is 0 Å². The number of hydrogen-bond acceptors (Lipinski definition) is 1. The van der Waals surface area contributed by atoms with Gasteiger partial charge in [-0.05, 0) is 25.2 Å². The molecule has 1 aliphatic carbocycles. The minimum absolute atomic E-state index is 0.516. The molecule has 1 saturated carbocycles. The van der Waals surface area contributed by atoms with Crippen LogP contribution in [0.25, 0.3) is 0 Å².